The van der Waals surface area contributed by atoms with Gasteiger partial charge in [-0.15, -0.1) is 0 Å². The van der Waals surface area contributed by atoms with E-state index >= 15 is 0 Å². The number of hydrogen-bond donors (Lipinski definition) is 1. The van der Waals surface area contributed by atoms with Gasteiger partial charge in [-0.25, -0.2) is 0 Å². The molecule has 2 N–H and O–H groups in total. The highest BCUT2D eigenvalue weighted by Crippen LogP contribution is 2.18. The van der Waals surface area contributed by atoms with Crippen LogP contribution in [0.4, 0.5) is 0 Å². The van der Waals surface area contributed by atoms with Crippen LogP contribution < -0.4 is 5.73 Å². The number of likely N-dealkylation sites (tertiary alicyclic amines) is 1. The van der Waals surface area contributed by atoms with Gasteiger partial charge in [0.2, 0.25) is 11.8 Å². The van der Waals surface area contributed by atoms with Gasteiger partial charge in [0.25, 0.3) is 0 Å². The summed E-state index contributed by atoms with van der Waals surface area (Å²) >= 11 is 0. The molecule has 18 heavy (non-hydrogen) atoms. The first kappa shape index (κ1) is 15.0. The summed E-state index contributed by atoms with van der Waals surface area (Å²) in [6.07, 6.45) is 2.97. The molecular weight excluding hydrogens is 232 g/mol. The Bertz CT molecular complexity index is 286. The summed E-state index contributed by atoms with van der Waals surface area (Å²) in [7, 11) is 1.71. The van der Waals surface area contributed by atoms with Crippen LogP contribution in [0.2, 0.25) is 0 Å². The van der Waals surface area contributed by atoms with Gasteiger partial charge in [0.15, 0.2) is 0 Å². The van der Waals surface area contributed by atoms with Crippen molar-refractivity contribution in [3.63, 3.8) is 0 Å². The van der Waals surface area contributed by atoms with E-state index in [0.717, 1.165) is 32.5 Å². The molecule has 0 bridgehead atoms. The molecule has 5 nitrogen and oxygen atoms in total. The van der Waals surface area contributed by atoms with Crippen molar-refractivity contribution in [2.75, 3.05) is 26.8 Å². The van der Waals surface area contributed by atoms with E-state index in [1.54, 1.807) is 14.0 Å². The third-order valence-corrected chi connectivity index (χ3v) is 3.65. The second-order valence-corrected chi connectivity index (χ2v) is 5.12. The van der Waals surface area contributed by atoms with E-state index in [0.29, 0.717) is 18.8 Å². The first-order valence-corrected chi connectivity index (χ1v) is 6.60. The molecule has 0 aromatic rings. The number of primary amides is 1. The first-order valence-electron chi connectivity index (χ1n) is 6.60. The van der Waals surface area contributed by atoms with E-state index in [9.17, 15) is 9.59 Å². The van der Waals surface area contributed by atoms with Crippen molar-refractivity contribution in [2.45, 2.75) is 32.6 Å². The molecule has 1 heterocycles. The Morgan fingerprint density at radius 1 is 1.39 bits per heavy atom. The lowest BCUT2D eigenvalue weighted by Gasteiger charge is -2.31. The Labute approximate surface area is 109 Å². The summed E-state index contributed by atoms with van der Waals surface area (Å²) in [5, 5.41) is 0. The van der Waals surface area contributed by atoms with Gasteiger partial charge in [0.05, 0.1) is 0 Å². The summed E-state index contributed by atoms with van der Waals surface area (Å²) in [6.45, 7) is 4.15. The predicted octanol–water partition coefficient (Wildman–Crippen LogP) is 0.773. The molecule has 1 aliphatic heterocycles. The van der Waals surface area contributed by atoms with Gasteiger partial charge >= 0.3 is 0 Å². The van der Waals surface area contributed by atoms with Crippen molar-refractivity contribution < 1.29 is 14.3 Å². The average Bonchev–Trinajstić information content (AvgIpc) is 2.36. The Balaban J connectivity index is 2.25. The zero-order valence-electron chi connectivity index (χ0n) is 11.4. The molecule has 0 saturated carbocycles. The molecule has 1 saturated heterocycles. The average molecular weight is 256 g/mol. The third kappa shape index (κ3) is 4.64. The number of piperidine rings is 1. The predicted molar refractivity (Wildman–Crippen MR) is 68.8 cm³/mol. The van der Waals surface area contributed by atoms with Gasteiger partial charge in [0.1, 0.15) is 0 Å². The van der Waals surface area contributed by atoms with Crippen LogP contribution in [-0.4, -0.2) is 43.5 Å². The fraction of sp³-hybridized carbons (Fsp3) is 0.846. The highest BCUT2D eigenvalue weighted by molar-refractivity contribution is 5.79. The van der Waals surface area contributed by atoms with Crippen molar-refractivity contribution in [2.24, 2.45) is 17.6 Å². The second kappa shape index (κ2) is 7.36. The van der Waals surface area contributed by atoms with Crippen molar-refractivity contribution in [1.29, 1.82) is 0 Å². The Kier molecular flexibility index (Phi) is 6.12. The molecular formula is C13H24N2O3. The zero-order chi connectivity index (χ0) is 13.5. The van der Waals surface area contributed by atoms with E-state index in [1.807, 2.05) is 4.90 Å². The monoisotopic (exact) mass is 256 g/mol. The zero-order valence-corrected chi connectivity index (χ0v) is 11.4. The number of methoxy groups -OCH3 is 1. The molecule has 0 aromatic carbocycles. The van der Waals surface area contributed by atoms with Crippen LogP contribution in [0.15, 0.2) is 0 Å². The van der Waals surface area contributed by atoms with E-state index < -0.39 is 0 Å². The molecule has 0 radical (unpaired) electrons. The van der Waals surface area contributed by atoms with E-state index in [2.05, 4.69) is 0 Å². The molecule has 0 unspecified atom stereocenters. The van der Waals surface area contributed by atoms with Gasteiger partial charge in [0, 0.05) is 39.1 Å². The van der Waals surface area contributed by atoms with Gasteiger partial charge in [-0.2, -0.15) is 0 Å². The topological polar surface area (TPSA) is 72.6 Å². The largest absolute Gasteiger partial charge is 0.384 e. The highest BCUT2D eigenvalue weighted by atomic mass is 16.5. The Morgan fingerprint density at radius 2 is 2.00 bits per heavy atom. The van der Waals surface area contributed by atoms with E-state index in [4.69, 9.17) is 10.5 Å². The summed E-state index contributed by atoms with van der Waals surface area (Å²) in [5.74, 6) is 0.157. The van der Waals surface area contributed by atoms with Crippen molar-refractivity contribution in [1.82, 2.24) is 4.90 Å². The number of amides is 2. The minimum absolute atomic E-state index is 0.138. The van der Waals surface area contributed by atoms with Crippen LogP contribution >= 0.6 is 0 Å². The lowest BCUT2D eigenvalue weighted by molar-refractivity contribution is -0.133. The molecule has 5 heteroatoms. The number of nitrogens with zero attached hydrogens (tertiary/aromatic N) is 1. The molecule has 0 aliphatic carbocycles. The first-order chi connectivity index (χ1) is 8.54. The van der Waals surface area contributed by atoms with Crippen LogP contribution in [0, 0.1) is 11.8 Å². The van der Waals surface area contributed by atoms with Gasteiger partial charge in [-0.05, 0) is 25.2 Å². The number of carbonyl (C=O) groups excluding carboxylic acids is 2. The van der Waals surface area contributed by atoms with Gasteiger partial charge in [-0.3, -0.25) is 9.59 Å². The van der Waals surface area contributed by atoms with Crippen molar-refractivity contribution >= 4 is 11.8 Å². The van der Waals surface area contributed by atoms with Crippen LogP contribution in [0.5, 0.6) is 0 Å². The number of hydrogen-bond acceptors (Lipinski definition) is 3. The van der Waals surface area contributed by atoms with Crippen LogP contribution in [0.3, 0.4) is 0 Å². The highest BCUT2D eigenvalue weighted by Gasteiger charge is 2.23. The standard InChI is InChI=1S/C13H24N2O3/c1-10(13(14)17)3-4-12(16)15-7-5-11(6-8-15)9-18-2/h10-11H,3-9H2,1-2H3,(H2,14,17)/t10-/m0/s1. The molecule has 1 rings (SSSR count). The SMILES string of the molecule is COCC1CCN(C(=O)CC[C@H](C)C(N)=O)CC1. The normalized spacial score (nSPS) is 18.7. The number of rotatable bonds is 6. The summed E-state index contributed by atoms with van der Waals surface area (Å²) < 4.78 is 5.13. The van der Waals surface area contributed by atoms with Crippen LogP contribution in [0.1, 0.15) is 32.6 Å². The molecule has 1 atom stereocenters. The minimum atomic E-state index is -0.332. The maximum Gasteiger partial charge on any atom is 0.222 e. The maximum atomic E-state index is 11.9. The molecule has 104 valence electrons. The molecule has 1 fully saturated rings. The maximum absolute atomic E-state index is 11.9. The Hall–Kier alpha value is -1.10. The summed E-state index contributed by atoms with van der Waals surface area (Å²) in [6, 6.07) is 0. The molecule has 2 amide bonds. The van der Waals surface area contributed by atoms with Crippen LogP contribution in [-0.2, 0) is 14.3 Å². The fourth-order valence-electron chi connectivity index (χ4n) is 2.23. The third-order valence-electron chi connectivity index (χ3n) is 3.65. The van der Waals surface area contributed by atoms with Gasteiger partial charge < -0.3 is 15.4 Å². The summed E-state index contributed by atoms with van der Waals surface area (Å²) in [4.78, 5) is 24.7. The minimum Gasteiger partial charge on any atom is -0.384 e. The second-order valence-electron chi connectivity index (χ2n) is 5.12. The van der Waals surface area contributed by atoms with Crippen LogP contribution in [0.25, 0.3) is 0 Å². The van der Waals surface area contributed by atoms with Crippen molar-refractivity contribution in [3.8, 4) is 0 Å². The van der Waals surface area contributed by atoms with Crippen molar-refractivity contribution in [3.05, 3.63) is 0 Å². The molecule has 1 aliphatic rings. The molecule has 0 spiro atoms. The smallest absolute Gasteiger partial charge is 0.222 e. The number of nitrogens with two attached hydrogens (primary N) is 1. The Morgan fingerprint density at radius 3 is 2.50 bits per heavy atom. The quantitative estimate of drug-likeness (QED) is 0.763. The summed E-state index contributed by atoms with van der Waals surface area (Å²) in [5.41, 5.74) is 5.17. The molecule has 0 aromatic heterocycles. The van der Waals surface area contributed by atoms with Gasteiger partial charge in [-0.1, -0.05) is 6.92 Å². The van der Waals surface area contributed by atoms with E-state index in [-0.39, 0.29) is 17.7 Å². The lowest BCUT2D eigenvalue weighted by atomic mass is 9.97. The fourth-order valence-corrected chi connectivity index (χ4v) is 2.23. The van der Waals surface area contributed by atoms with E-state index in [1.165, 1.54) is 0 Å². The number of ether oxygens (including phenoxy) is 1. The lowest BCUT2D eigenvalue weighted by Crippen LogP contribution is -2.39. The number of carbonyl (C=O) groups is 2.